The number of esters is 4. The number of cyclic esters (lactones) is 2. The van der Waals surface area contributed by atoms with Crippen molar-refractivity contribution in [2.24, 2.45) is 19.1 Å². The van der Waals surface area contributed by atoms with Crippen LogP contribution < -0.4 is 33.1 Å². The Morgan fingerprint density at radius 2 is 1.28 bits per heavy atom. The van der Waals surface area contributed by atoms with Crippen molar-refractivity contribution < 1.29 is 83.2 Å². The second-order valence-electron chi connectivity index (χ2n) is 14.7. The molecule has 22 nitrogen and oxygen atoms in total. The predicted molar refractivity (Wildman–Crippen MR) is 254 cm³/mol. The minimum Gasteiger partial charge on any atom is -0.481 e. The highest BCUT2D eigenvalue weighted by atomic mass is 35.5. The second-order valence-corrected chi connectivity index (χ2v) is 17.1. The SMILES string of the molecule is CCC(=O)OCNC(=S)Nc1cc(-n2c(=O)cc(C(F)(F)F)n(C)c2=O)c(F)cc1Cl.CCOC(=O)CN1C(=O)C(CC(=O)O)SC1=Nc1cc(-n2c(=O)cc(C(F)(F)F)n(C)c2=O)c(F)cc1Cl.O=C1C=CC(=O)O1. The Balaban J connectivity index is 0.000000295. The lowest BCUT2D eigenvalue weighted by Gasteiger charge is -2.16. The Morgan fingerprint density at radius 1 is 0.776 bits per heavy atom. The number of carbonyl (C=O) groups is 6. The van der Waals surface area contributed by atoms with E-state index in [-0.39, 0.29) is 81.9 Å². The Labute approximate surface area is 438 Å². The lowest BCUT2D eigenvalue weighted by molar-refractivity contribution is -0.150. The van der Waals surface area contributed by atoms with Gasteiger partial charge in [-0.2, -0.15) is 26.3 Å². The van der Waals surface area contributed by atoms with Crippen LogP contribution in [0.3, 0.4) is 0 Å². The summed E-state index contributed by atoms with van der Waals surface area (Å²) in [5, 5.41) is 12.1. The van der Waals surface area contributed by atoms with Gasteiger partial charge in [-0.25, -0.2) is 42.1 Å². The molecule has 0 aliphatic carbocycles. The summed E-state index contributed by atoms with van der Waals surface area (Å²) in [7, 11) is 1.54. The third kappa shape index (κ3) is 15.2. The van der Waals surface area contributed by atoms with Crippen LogP contribution in [0.2, 0.25) is 10.0 Å². The molecule has 34 heteroatoms. The zero-order valence-corrected chi connectivity index (χ0v) is 41.9. The molecule has 2 aromatic heterocycles. The van der Waals surface area contributed by atoms with E-state index >= 15 is 0 Å². The van der Waals surface area contributed by atoms with Gasteiger partial charge in [-0.1, -0.05) is 41.9 Å². The summed E-state index contributed by atoms with van der Waals surface area (Å²) in [6.45, 7) is 2.19. The molecule has 4 aromatic rings. The quantitative estimate of drug-likeness (QED) is 0.0440. The van der Waals surface area contributed by atoms with E-state index in [9.17, 15) is 83.1 Å². The molecule has 0 radical (unpaired) electrons. The van der Waals surface area contributed by atoms with E-state index in [1.165, 1.54) is 6.92 Å². The van der Waals surface area contributed by atoms with Gasteiger partial charge in [0.2, 0.25) is 5.91 Å². The monoisotopic (exact) mass is 1160 g/mol. The number of hydrogen-bond donors (Lipinski definition) is 3. The summed E-state index contributed by atoms with van der Waals surface area (Å²) < 4.78 is 122. The number of ether oxygens (including phenoxy) is 3. The number of anilines is 1. The third-order valence-corrected chi connectivity index (χ3v) is 11.5. The molecule has 6 rings (SSSR count). The van der Waals surface area contributed by atoms with E-state index in [0.717, 1.165) is 49.3 Å². The van der Waals surface area contributed by atoms with E-state index in [0.29, 0.717) is 17.8 Å². The highest BCUT2D eigenvalue weighted by Gasteiger charge is 2.41. The smallest absolute Gasteiger partial charge is 0.431 e. The van der Waals surface area contributed by atoms with Gasteiger partial charge >= 0.3 is 53.6 Å². The number of thiocarbonyl (C=S) groups is 1. The number of thioether (sulfide) groups is 1. The van der Waals surface area contributed by atoms with Crippen molar-refractivity contribution in [2.75, 3.05) is 25.2 Å². The van der Waals surface area contributed by atoms with Gasteiger partial charge in [-0.05, 0) is 43.4 Å². The normalized spacial score (nSPS) is 14.6. The van der Waals surface area contributed by atoms with Gasteiger partial charge in [-0.15, -0.1) is 0 Å². The van der Waals surface area contributed by atoms with Crippen molar-refractivity contribution in [3.8, 4) is 11.4 Å². The molecule has 0 bridgehead atoms. The lowest BCUT2D eigenvalue weighted by Crippen LogP contribution is -2.41. The van der Waals surface area contributed by atoms with Crippen LogP contribution in [0, 0.1) is 11.6 Å². The molecule has 1 unspecified atom stereocenters. The molecule has 76 heavy (non-hydrogen) atoms. The molecule has 1 saturated heterocycles. The van der Waals surface area contributed by atoms with Crippen LogP contribution in [0.4, 0.5) is 46.5 Å². The lowest BCUT2D eigenvalue weighted by atomic mass is 10.2. The average molecular weight is 1160 g/mol. The topological polar surface area (TPSA) is 278 Å². The van der Waals surface area contributed by atoms with Crippen molar-refractivity contribution >= 4 is 105 Å². The number of carboxylic acids is 1. The molecule has 1 amide bonds. The highest BCUT2D eigenvalue weighted by Crippen LogP contribution is 2.36. The first-order valence-electron chi connectivity index (χ1n) is 20.7. The predicted octanol–water partition coefficient (Wildman–Crippen LogP) is 4.49. The summed E-state index contributed by atoms with van der Waals surface area (Å²) >= 11 is 17.6. The van der Waals surface area contributed by atoms with Gasteiger partial charge in [0.1, 0.15) is 34.8 Å². The molecule has 2 aliphatic rings. The fraction of sp³-hybridized carbons (Fsp3) is 0.286. The van der Waals surface area contributed by atoms with E-state index in [1.54, 1.807) is 6.92 Å². The van der Waals surface area contributed by atoms with Crippen molar-refractivity contribution in [2.45, 2.75) is 44.3 Å². The summed E-state index contributed by atoms with van der Waals surface area (Å²) in [4.78, 5) is 121. The second kappa shape index (κ2) is 25.2. The largest absolute Gasteiger partial charge is 0.481 e. The number of halogens is 10. The van der Waals surface area contributed by atoms with E-state index < -0.39 is 123 Å². The van der Waals surface area contributed by atoms with E-state index in [2.05, 4.69) is 20.4 Å². The molecule has 3 N–H and O–H groups in total. The number of aromatic nitrogens is 4. The molecular weight excluding hydrogens is 1130 g/mol. The first-order valence-corrected chi connectivity index (χ1v) is 22.7. The van der Waals surface area contributed by atoms with E-state index in [1.807, 2.05) is 0 Å². The minimum atomic E-state index is -5.04. The number of carbonyl (C=O) groups excluding carboxylic acids is 5. The molecule has 0 spiro atoms. The van der Waals surface area contributed by atoms with Crippen LogP contribution in [0.1, 0.15) is 38.1 Å². The average Bonchev–Trinajstić information content (AvgIpc) is 3.83. The van der Waals surface area contributed by atoms with Gasteiger partial charge in [0.05, 0.1) is 45.8 Å². The third-order valence-electron chi connectivity index (χ3n) is 9.50. The number of alkyl halides is 6. The number of aliphatic carboxylic acids is 1. The maximum Gasteiger partial charge on any atom is 0.431 e. The number of amides is 1. The van der Waals surface area contributed by atoms with Crippen LogP contribution >= 0.6 is 47.2 Å². The number of carboxylic acid groups (broad SMARTS) is 1. The Hall–Kier alpha value is -7.71. The Kier molecular flexibility index (Phi) is 20.2. The molecule has 2 aliphatic heterocycles. The number of nitrogens with zero attached hydrogens (tertiary/aromatic N) is 6. The number of hydrogen-bond acceptors (Lipinski definition) is 16. The zero-order valence-electron chi connectivity index (χ0n) is 38.8. The Morgan fingerprint density at radius 3 is 1.72 bits per heavy atom. The molecule has 2 aromatic carbocycles. The standard InChI is InChI=1S/C21H17ClF4N4O7S.C17H15ClF4N4O4S.C4H2O3/c1-3-37-17(34)8-29-18(35)13(6-16(32)33)38-19(29)27-11-5-12(10(23)4-9(11)22)30-15(31)7-14(21(24,25)26)28(2)20(30)36;1-3-14(28)30-7-23-15(31)24-10-5-11(9(19)4-8(10)18)26-13(27)6-12(17(20,21)22)25(2)16(26)29;5-3-1-2-4(6)7-3/h4-5,7,13H,3,6,8H2,1-2H3,(H,32,33);4-6H,3,7H2,1-2H3,(H2,23,24,31);1-2H. The number of aliphatic imine (C=N–C) groups is 1. The molecule has 408 valence electrons. The molecule has 0 saturated carbocycles. The van der Waals surface area contributed by atoms with Gasteiger partial charge in [0.15, 0.2) is 17.0 Å². The van der Waals surface area contributed by atoms with Crippen LogP contribution in [0.25, 0.3) is 11.4 Å². The molecule has 1 atom stereocenters. The number of amidine groups is 1. The van der Waals surface area contributed by atoms with Crippen molar-refractivity contribution in [1.29, 1.82) is 0 Å². The maximum absolute atomic E-state index is 14.8. The van der Waals surface area contributed by atoms with Gasteiger partial charge in [0.25, 0.3) is 11.1 Å². The summed E-state index contributed by atoms with van der Waals surface area (Å²) in [6.07, 6.45) is -8.31. The summed E-state index contributed by atoms with van der Waals surface area (Å²) in [6, 6.07) is 3.41. The number of benzene rings is 2. The zero-order chi connectivity index (χ0) is 57.3. The van der Waals surface area contributed by atoms with Gasteiger partial charge in [0, 0.05) is 44.8 Å². The fourth-order valence-electron chi connectivity index (χ4n) is 6.05. The van der Waals surface area contributed by atoms with Crippen molar-refractivity contribution in [1.82, 2.24) is 28.5 Å². The van der Waals surface area contributed by atoms with E-state index in [4.69, 9.17) is 50.0 Å². The van der Waals surface area contributed by atoms with Crippen LogP contribution in [-0.4, -0.2) is 99.4 Å². The number of nitrogens with one attached hydrogen (secondary N) is 2. The maximum atomic E-state index is 14.8. The van der Waals surface area contributed by atoms with Crippen LogP contribution in [0.5, 0.6) is 0 Å². The molecule has 4 heterocycles. The van der Waals surface area contributed by atoms with Crippen LogP contribution in [0.15, 0.2) is 72.7 Å². The van der Waals surface area contributed by atoms with Gasteiger partial charge in [-0.3, -0.25) is 42.8 Å². The van der Waals surface area contributed by atoms with Gasteiger partial charge < -0.3 is 30.0 Å². The molecule has 1 fully saturated rings. The Bertz CT molecular complexity index is 3330. The first-order chi connectivity index (χ1) is 35.3. The van der Waals surface area contributed by atoms with Crippen molar-refractivity contribution in [3.63, 3.8) is 0 Å². The highest BCUT2D eigenvalue weighted by molar-refractivity contribution is 8.15. The number of rotatable bonds is 12. The minimum absolute atomic E-state index is 0.0109. The summed E-state index contributed by atoms with van der Waals surface area (Å²) in [5.74, 6) is -6.96. The fourth-order valence-corrected chi connectivity index (χ4v) is 7.75. The van der Waals surface area contributed by atoms with Crippen molar-refractivity contribution in [3.05, 3.63) is 123 Å². The first kappa shape index (κ1) is 60.8. The van der Waals surface area contributed by atoms with Crippen LogP contribution in [-0.2, 0) is 69.4 Å². The molecular formula is C42H34Cl2F8N8O14S2. The summed E-state index contributed by atoms with van der Waals surface area (Å²) in [5.41, 5.74) is -10.7.